The minimum atomic E-state index is -0.728. The van der Waals surface area contributed by atoms with Crippen LogP contribution in [-0.2, 0) is 9.53 Å². The molecule has 1 unspecified atom stereocenters. The first-order valence-corrected chi connectivity index (χ1v) is 6.00. The van der Waals surface area contributed by atoms with Gasteiger partial charge in [-0.1, -0.05) is 18.2 Å². The SMILES string of the molecule is CC(C)(C)OC(=O)NCC(C=O)c1ccccc1F. The topological polar surface area (TPSA) is 55.4 Å². The normalized spacial score (nSPS) is 12.6. The molecule has 0 aliphatic rings. The summed E-state index contributed by atoms with van der Waals surface area (Å²) in [4.78, 5) is 22.4. The van der Waals surface area contributed by atoms with Crippen molar-refractivity contribution < 1.29 is 18.7 Å². The highest BCUT2D eigenvalue weighted by molar-refractivity contribution is 5.70. The molecule has 0 bridgehead atoms. The zero-order valence-corrected chi connectivity index (χ0v) is 11.3. The van der Waals surface area contributed by atoms with Crippen LogP contribution in [0.5, 0.6) is 0 Å². The number of ether oxygens (including phenoxy) is 1. The molecule has 4 nitrogen and oxygen atoms in total. The van der Waals surface area contributed by atoms with Crippen molar-refractivity contribution in [1.29, 1.82) is 0 Å². The summed E-state index contributed by atoms with van der Waals surface area (Å²) in [7, 11) is 0. The molecule has 1 rings (SSSR count). The Kier molecular flexibility index (Phi) is 5.03. The van der Waals surface area contributed by atoms with E-state index < -0.39 is 23.4 Å². The molecule has 19 heavy (non-hydrogen) atoms. The lowest BCUT2D eigenvalue weighted by Crippen LogP contribution is -2.35. The zero-order valence-electron chi connectivity index (χ0n) is 11.3. The lowest BCUT2D eigenvalue weighted by Gasteiger charge is -2.20. The van der Waals surface area contributed by atoms with E-state index in [0.29, 0.717) is 6.29 Å². The van der Waals surface area contributed by atoms with Gasteiger partial charge in [0.05, 0.1) is 5.92 Å². The van der Waals surface area contributed by atoms with Crippen LogP contribution >= 0.6 is 0 Å². The maximum Gasteiger partial charge on any atom is 0.407 e. The number of hydrogen-bond acceptors (Lipinski definition) is 3. The first-order valence-electron chi connectivity index (χ1n) is 6.00. The summed E-state index contributed by atoms with van der Waals surface area (Å²) in [5.41, 5.74) is -0.354. The lowest BCUT2D eigenvalue weighted by atomic mass is 10.0. The number of carbonyl (C=O) groups excluding carboxylic acids is 2. The smallest absolute Gasteiger partial charge is 0.407 e. The van der Waals surface area contributed by atoms with Crippen LogP contribution in [0, 0.1) is 5.82 Å². The van der Waals surface area contributed by atoms with E-state index in [4.69, 9.17) is 4.74 Å². The van der Waals surface area contributed by atoms with Gasteiger partial charge < -0.3 is 14.8 Å². The largest absolute Gasteiger partial charge is 0.444 e. The van der Waals surface area contributed by atoms with Gasteiger partial charge in [-0.2, -0.15) is 0 Å². The van der Waals surface area contributed by atoms with E-state index in [1.807, 2.05) is 0 Å². The molecule has 0 saturated heterocycles. The Balaban J connectivity index is 2.62. The molecule has 5 heteroatoms. The quantitative estimate of drug-likeness (QED) is 0.853. The van der Waals surface area contributed by atoms with E-state index in [9.17, 15) is 14.0 Å². The molecule has 1 aromatic carbocycles. The number of benzene rings is 1. The second-order valence-corrected chi connectivity index (χ2v) is 5.15. The molecule has 0 aliphatic heterocycles. The van der Waals surface area contributed by atoms with Gasteiger partial charge >= 0.3 is 6.09 Å². The summed E-state index contributed by atoms with van der Waals surface area (Å²) in [6.07, 6.45) is -0.0221. The number of hydrogen-bond donors (Lipinski definition) is 1. The summed E-state index contributed by atoms with van der Waals surface area (Å²) < 4.78 is 18.6. The number of halogens is 1. The van der Waals surface area contributed by atoms with Crippen molar-refractivity contribution in [2.75, 3.05) is 6.54 Å². The van der Waals surface area contributed by atoms with Crippen LogP contribution in [0.15, 0.2) is 24.3 Å². The van der Waals surface area contributed by atoms with Crippen LogP contribution in [0.25, 0.3) is 0 Å². The molecular weight excluding hydrogens is 249 g/mol. The van der Waals surface area contributed by atoms with Crippen LogP contribution in [0.4, 0.5) is 9.18 Å². The molecule has 0 saturated carbocycles. The van der Waals surface area contributed by atoms with E-state index in [1.165, 1.54) is 12.1 Å². The Bertz CT molecular complexity index is 454. The fourth-order valence-corrected chi connectivity index (χ4v) is 1.51. The van der Waals surface area contributed by atoms with Gasteiger partial charge in [0, 0.05) is 6.54 Å². The van der Waals surface area contributed by atoms with E-state index in [1.54, 1.807) is 32.9 Å². The van der Waals surface area contributed by atoms with Crippen molar-refractivity contribution in [3.05, 3.63) is 35.6 Å². The van der Waals surface area contributed by atoms with Gasteiger partial charge in [-0.25, -0.2) is 9.18 Å². The average Bonchev–Trinajstić information content (AvgIpc) is 2.29. The number of aldehydes is 1. The van der Waals surface area contributed by atoms with Crippen LogP contribution in [-0.4, -0.2) is 24.5 Å². The molecule has 0 radical (unpaired) electrons. The third kappa shape index (κ3) is 5.07. The summed E-state index contributed by atoms with van der Waals surface area (Å²) in [5.74, 6) is -1.20. The molecule has 1 amide bonds. The third-order valence-corrected chi connectivity index (χ3v) is 2.33. The van der Waals surface area contributed by atoms with Gasteiger partial charge in [0.15, 0.2) is 0 Å². The minimum Gasteiger partial charge on any atom is -0.444 e. The van der Waals surface area contributed by atoms with Crippen LogP contribution in [0.2, 0.25) is 0 Å². The lowest BCUT2D eigenvalue weighted by molar-refractivity contribution is -0.109. The third-order valence-electron chi connectivity index (χ3n) is 2.33. The fourth-order valence-electron chi connectivity index (χ4n) is 1.51. The number of amides is 1. The number of carbonyl (C=O) groups is 2. The Morgan fingerprint density at radius 1 is 1.42 bits per heavy atom. The Morgan fingerprint density at radius 2 is 2.05 bits per heavy atom. The molecule has 0 aliphatic carbocycles. The number of nitrogens with one attached hydrogen (secondary N) is 1. The second-order valence-electron chi connectivity index (χ2n) is 5.15. The summed E-state index contributed by atoms with van der Waals surface area (Å²) in [6.45, 7) is 5.21. The van der Waals surface area contributed by atoms with E-state index >= 15 is 0 Å². The van der Waals surface area contributed by atoms with Gasteiger partial charge in [-0.05, 0) is 32.4 Å². The molecule has 104 valence electrons. The standard InChI is InChI=1S/C14H18FNO3/c1-14(2,3)19-13(18)16-8-10(9-17)11-6-4-5-7-12(11)15/h4-7,9-10H,8H2,1-3H3,(H,16,18). The highest BCUT2D eigenvalue weighted by atomic mass is 19.1. The van der Waals surface area contributed by atoms with Crippen LogP contribution in [0.1, 0.15) is 32.3 Å². The van der Waals surface area contributed by atoms with E-state index in [-0.39, 0.29) is 12.1 Å². The molecule has 1 atom stereocenters. The highest BCUT2D eigenvalue weighted by Gasteiger charge is 2.19. The molecule has 0 spiro atoms. The van der Waals surface area contributed by atoms with Gasteiger partial charge in [0.2, 0.25) is 0 Å². The van der Waals surface area contributed by atoms with E-state index in [0.717, 1.165) is 0 Å². The summed E-state index contributed by atoms with van der Waals surface area (Å²) in [5, 5.41) is 2.46. The Morgan fingerprint density at radius 3 is 2.58 bits per heavy atom. The average molecular weight is 267 g/mol. The fraction of sp³-hybridized carbons (Fsp3) is 0.429. The first kappa shape index (κ1) is 15.1. The summed E-state index contributed by atoms with van der Waals surface area (Å²) in [6, 6.07) is 5.98. The van der Waals surface area contributed by atoms with Crippen molar-refractivity contribution in [1.82, 2.24) is 5.32 Å². The van der Waals surface area contributed by atoms with E-state index in [2.05, 4.69) is 5.32 Å². The van der Waals surface area contributed by atoms with Crippen LogP contribution < -0.4 is 5.32 Å². The predicted octanol–water partition coefficient (Wildman–Crippen LogP) is 2.63. The Hall–Kier alpha value is -1.91. The van der Waals surface area contributed by atoms with Crippen LogP contribution in [0.3, 0.4) is 0 Å². The maximum atomic E-state index is 13.5. The van der Waals surface area contributed by atoms with Crippen molar-refractivity contribution in [2.24, 2.45) is 0 Å². The van der Waals surface area contributed by atoms with Gasteiger partial charge in [-0.15, -0.1) is 0 Å². The predicted molar refractivity (Wildman–Crippen MR) is 69.4 cm³/mol. The minimum absolute atomic E-state index is 0.000648. The van der Waals surface area contributed by atoms with Crippen molar-refractivity contribution in [2.45, 2.75) is 32.3 Å². The Labute approximate surface area is 112 Å². The molecule has 1 aromatic rings. The summed E-state index contributed by atoms with van der Waals surface area (Å²) >= 11 is 0. The van der Waals surface area contributed by atoms with Crippen molar-refractivity contribution in [3.8, 4) is 0 Å². The molecule has 1 N–H and O–H groups in total. The van der Waals surface area contributed by atoms with Gasteiger partial charge in [0.25, 0.3) is 0 Å². The van der Waals surface area contributed by atoms with Gasteiger partial charge in [-0.3, -0.25) is 0 Å². The molecule has 0 aromatic heterocycles. The second kappa shape index (κ2) is 6.31. The van der Waals surface area contributed by atoms with Crippen molar-refractivity contribution in [3.63, 3.8) is 0 Å². The van der Waals surface area contributed by atoms with Crippen molar-refractivity contribution >= 4 is 12.4 Å². The molecular formula is C14H18FNO3. The monoisotopic (exact) mass is 267 g/mol. The van der Waals surface area contributed by atoms with Gasteiger partial charge in [0.1, 0.15) is 17.7 Å². The molecule has 0 heterocycles. The first-order chi connectivity index (χ1) is 8.83. The maximum absolute atomic E-state index is 13.5. The molecule has 0 fully saturated rings. The number of alkyl carbamates (subject to hydrolysis) is 1. The zero-order chi connectivity index (χ0) is 14.5. The number of rotatable bonds is 4. The highest BCUT2D eigenvalue weighted by Crippen LogP contribution is 2.16.